The Morgan fingerprint density at radius 2 is 1.89 bits per heavy atom. The Labute approximate surface area is 124 Å². The second-order valence-corrected chi connectivity index (χ2v) is 5.64. The molecule has 1 atom stereocenters. The van der Waals surface area contributed by atoms with Crippen LogP contribution < -0.4 is 0 Å². The summed E-state index contributed by atoms with van der Waals surface area (Å²) in [4.78, 5) is 10.5. The Hall–Kier alpha value is -1.39. The van der Waals surface area contributed by atoms with Gasteiger partial charge in [-0.1, -0.05) is 63.9 Å². The first-order valence-corrected chi connectivity index (χ1v) is 6.99. The molecule has 0 aliphatic carbocycles. The van der Waals surface area contributed by atoms with Gasteiger partial charge in [0.25, 0.3) is 5.69 Å². The van der Waals surface area contributed by atoms with Gasteiger partial charge in [0.2, 0.25) is 0 Å². The van der Waals surface area contributed by atoms with Crippen LogP contribution in [0.1, 0.15) is 16.0 Å². The zero-order chi connectivity index (χ0) is 13.8. The van der Waals surface area contributed by atoms with Gasteiger partial charge in [-0.3, -0.25) is 10.1 Å². The van der Waals surface area contributed by atoms with E-state index in [1.54, 1.807) is 6.07 Å². The summed E-state index contributed by atoms with van der Waals surface area (Å²) in [5.41, 5.74) is 1.97. The lowest BCUT2D eigenvalue weighted by atomic mass is 10.0. The molecule has 0 aliphatic rings. The van der Waals surface area contributed by atoms with Crippen LogP contribution in [-0.2, 0) is 6.42 Å². The van der Waals surface area contributed by atoms with Crippen molar-refractivity contribution in [3.8, 4) is 0 Å². The number of benzene rings is 2. The summed E-state index contributed by atoms with van der Waals surface area (Å²) in [6, 6.07) is 14.8. The maximum absolute atomic E-state index is 10.8. The maximum Gasteiger partial charge on any atom is 0.288 e. The van der Waals surface area contributed by atoms with Crippen LogP contribution in [0.15, 0.2) is 48.5 Å². The van der Waals surface area contributed by atoms with Crippen LogP contribution in [0, 0.1) is 10.1 Å². The Kier molecular flexibility index (Phi) is 4.56. The molecule has 0 spiro atoms. The van der Waals surface area contributed by atoms with Gasteiger partial charge < -0.3 is 0 Å². The smallest absolute Gasteiger partial charge is 0.258 e. The van der Waals surface area contributed by atoms with Crippen LogP contribution in [0.25, 0.3) is 0 Å². The van der Waals surface area contributed by atoms with Gasteiger partial charge in [-0.05, 0) is 23.6 Å². The van der Waals surface area contributed by atoms with Crippen molar-refractivity contribution in [1.29, 1.82) is 0 Å². The summed E-state index contributed by atoms with van der Waals surface area (Å²) in [7, 11) is 0. The number of nitro groups is 1. The Morgan fingerprint density at radius 1 is 1.21 bits per heavy atom. The first-order chi connectivity index (χ1) is 9.08. The van der Waals surface area contributed by atoms with Crippen LogP contribution in [0.5, 0.6) is 0 Å². The van der Waals surface area contributed by atoms with Gasteiger partial charge in [-0.25, -0.2) is 0 Å². The van der Waals surface area contributed by atoms with Gasteiger partial charge in [-0.15, -0.1) is 0 Å². The van der Waals surface area contributed by atoms with Crippen LogP contribution in [0.4, 0.5) is 5.69 Å². The SMILES string of the molecule is O=[N+]([O-])c1cc(CC(Br)c2ccccc2)ccc1Cl. The minimum Gasteiger partial charge on any atom is -0.258 e. The number of halogens is 2. The molecule has 0 bridgehead atoms. The Balaban J connectivity index is 2.20. The fourth-order valence-electron chi connectivity index (χ4n) is 1.81. The lowest BCUT2D eigenvalue weighted by molar-refractivity contribution is -0.384. The first kappa shape index (κ1) is 14.0. The lowest BCUT2D eigenvalue weighted by Gasteiger charge is -2.10. The van der Waals surface area contributed by atoms with E-state index in [4.69, 9.17) is 11.6 Å². The lowest BCUT2D eigenvalue weighted by Crippen LogP contribution is -1.97. The molecular formula is C14H11BrClNO2. The highest BCUT2D eigenvalue weighted by molar-refractivity contribution is 9.09. The highest BCUT2D eigenvalue weighted by Gasteiger charge is 2.15. The first-order valence-electron chi connectivity index (χ1n) is 5.70. The van der Waals surface area contributed by atoms with E-state index in [0.29, 0.717) is 6.42 Å². The minimum atomic E-state index is -0.461. The standard InChI is InChI=1S/C14H11BrClNO2/c15-12(11-4-2-1-3-5-11)8-10-6-7-13(16)14(9-10)17(18)19/h1-7,9,12H,8H2. The second-order valence-electron chi connectivity index (χ2n) is 4.13. The average Bonchev–Trinajstić information content (AvgIpc) is 2.41. The molecule has 0 saturated heterocycles. The van der Waals surface area contributed by atoms with Crippen molar-refractivity contribution in [2.45, 2.75) is 11.2 Å². The predicted molar refractivity (Wildman–Crippen MR) is 79.9 cm³/mol. The van der Waals surface area contributed by atoms with Crippen LogP contribution >= 0.6 is 27.5 Å². The molecule has 19 heavy (non-hydrogen) atoms. The monoisotopic (exact) mass is 339 g/mol. The van der Waals surface area contributed by atoms with Gasteiger partial charge in [0.1, 0.15) is 5.02 Å². The Bertz CT molecular complexity index is 589. The molecule has 2 aromatic rings. The van der Waals surface area contributed by atoms with Crippen molar-refractivity contribution in [2.24, 2.45) is 0 Å². The third-order valence-corrected chi connectivity index (χ3v) is 3.96. The molecule has 3 nitrogen and oxygen atoms in total. The number of nitro benzene ring substituents is 1. The van der Waals surface area contributed by atoms with E-state index in [1.807, 2.05) is 36.4 Å². The van der Waals surface area contributed by atoms with E-state index in [0.717, 1.165) is 11.1 Å². The fraction of sp³-hybridized carbons (Fsp3) is 0.143. The van der Waals surface area contributed by atoms with Gasteiger partial charge in [-0.2, -0.15) is 0 Å². The van der Waals surface area contributed by atoms with E-state index < -0.39 is 4.92 Å². The third-order valence-electron chi connectivity index (χ3n) is 2.78. The molecule has 0 fully saturated rings. The highest BCUT2D eigenvalue weighted by atomic mass is 79.9. The zero-order valence-electron chi connectivity index (χ0n) is 9.92. The van der Waals surface area contributed by atoms with E-state index in [2.05, 4.69) is 15.9 Å². The largest absolute Gasteiger partial charge is 0.288 e. The molecule has 0 amide bonds. The molecule has 0 radical (unpaired) electrons. The van der Waals surface area contributed by atoms with Crippen molar-refractivity contribution in [3.05, 3.63) is 74.8 Å². The molecule has 98 valence electrons. The van der Waals surface area contributed by atoms with E-state index >= 15 is 0 Å². The quantitative estimate of drug-likeness (QED) is 0.450. The number of nitrogens with zero attached hydrogens (tertiary/aromatic N) is 1. The second kappa shape index (κ2) is 6.17. The number of rotatable bonds is 4. The molecule has 0 heterocycles. The van der Waals surface area contributed by atoms with Gasteiger partial charge >= 0.3 is 0 Å². The van der Waals surface area contributed by atoms with Crippen molar-refractivity contribution in [1.82, 2.24) is 0 Å². The van der Waals surface area contributed by atoms with E-state index in [-0.39, 0.29) is 15.5 Å². The van der Waals surface area contributed by atoms with Crippen LogP contribution in [0.3, 0.4) is 0 Å². The van der Waals surface area contributed by atoms with Crippen LogP contribution in [-0.4, -0.2) is 4.92 Å². The predicted octanol–water partition coefficient (Wildman–Crippen LogP) is 4.93. The normalized spacial score (nSPS) is 12.1. The maximum atomic E-state index is 10.8. The zero-order valence-corrected chi connectivity index (χ0v) is 12.3. The summed E-state index contributed by atoms with van der Waals surface area (Å²) >= 11 is 9.39. The fourth-order valence-corrected chi connectivity index (χ4v) is 2.68. The summed E-state index contributed by atoms with van der Waals surface area (Å²) in [6.07, 6.45) is 0.669. The molecule has 1 unspecified atom stereocenters. The number of hydrogen-bond acceptors (Lipinski definition) is 2. The topological polar surface area (TPSA) is 43.1 Å². The van der Waals surface area contributed by atoms with Crippen molar-refractivity contribution in [3.63, 3.8) is 0 Å². The third kappa shape index (κ3) is 3.55. The summed E-state index contributed by atoms with van der Waals surface area (Å²) in [5.74, 6) is 0. The summed E-state index contributed by atoms with van der Waals surface area (Å²) in [6.45, 7) is 0. The average molecular weight is 341 g/mol. The molecule has 0 aliphatic heterocycles. The van der Waals surface area contributed by atoms with Crippen molar-refractivity contribution < 1.29 is 4.92 Å². The molecule has 2 aromatic carbocycles. The summed E-state index contributed by atoms with van der Waals surface area (Å²) < 4.78 is 0. The van der Waals surface area contributed by atoms with E-state index in [1.165, 1.54) is 6.07 Å². The highest BCUT2D eigenvalue weighted by Crippen LogP contribution is 2.30. The molecule has 5 heteroatoms. The van der Waals surface area contributed by atoms with E-state index in [9.17, 15) is 10.1 Å². The number of hydrogen-bond donors (Lipinski definition) is 0. The van der Waals surface area contributed by atoms with Crippen LogP contribution in [0.2, 0.25) is 5.02 Å². The Morgan fingerprint density at radius 3 is 2.53 bits per heavy atom. The molecule has 0 aromatic heterocycles. The summed E-state index contributed by atoms with van der Waals surface area (Å²) in [5, 5.41) is 11.0. The van der Waals surface area contributed by atoms with Gasteiger partial charge in [0.15, 0.2) is 0 Å². The molecule has 0 saturated carbocycles. The molecular weight excluding hydrogens is 330 g/mol. The van der Waals surface area contributed by atoms with Gasteiger partial charge in [0.05, 0.1) is 4.92 Å². The number of alkyl halides is 1. The minimum absolute atomic E-state index is 0.0491. The van der Waals surface area contributed by atoms with Gasteiger partial charge in [0, 0.05) is 10.9 Å². The molecule has 2 rings (SSSR count). The van der Waals surface area contributed by atoms with Crippen molar-refractivity contribution >= 4 is 33.2 Å². The van der Waals surface area contributed by atoms with Crippen molar-refractivity contribution in [2.75, 3.05) is 0 Å². The molecule has 0 N–H and O–H groups in total.